The van der Waals surface area contributed by atoms with Crippen LogP contribution in [0, 0.1) is 12.8 Å². The molecule has 1 aliphatic carbocycles. The van der Waals surface area contributed by atoms with Gasteiger partial charge in [-0.15, -0.1) is 0 Å². The van der Waals surface area contributed by atoms with Crippen molar-refractivity contribution < 1.29 is 9.59 Å². The first-order valence-corrected chi connectivity index (χ1v) is 8.55. The lowest BCUT2D eigenvalue weighted by Gasteiger charge is -2.36. The van der Waals surface area contributed by atoms with Gasteiger partial charge in [0.05, 0.1) is 0 Å². The number of anilines is 1. The van der Waals surface area contributed by atoms with Gasteiger partial charge in [0.25, 0.3) is 0 Å². The molecule has 0 bridgehead atoms. The van der Waals surface area contributed by atoms with Gasteiger partial charge in [0.15, 0.2) is 0 Å². The number of benzene rings is 1. The van der Waals surface area contributed by atoms with E-state index in [0.717, 1.165) is 24.1 Å². The van der Waals surface area contributed by atoms with E-state index in [0.29, 0.717) is 32.1 Å². The van der Waals surface area contributed by atoms with Crippen molar-refractivity contribution >= 4 is 17.6 Å². The van der Waals surface area contributed by atoms with E-state index in [1.807, 2.05) is 36.1 Å². The quantitative estimate of drug-likeness (QED) is 0.912. The molecule has 1 saturated heterocycles. The fourth-order valence-electron chi connectivity index (χ4n) is 3.49. The largest absolute Gasteiger partial charge is 0.339 e. The number of hydrogen-bond acceptors (Lipinski definition) is 2. The Kier molecular flexibility index (Phi) is 4.84. The Morgan fingerprint density at radius 2 is 1.70 bits per heavy atom. The minimum Gasteiger partial charge on any atom is -0.339 e. The summed E-state index contributed by atoms with van der Waals surface area (Å²) in [7, 11) is 0. The maximum absolute atomic E-state index is 12.4. The molecule has 1 saturated carbocycles. The van der Waals surface area contributed by atoms with E-state index in [1.54, 1.807) is 4.90 Å². The molecule has 1 N–H and O–H groups in total. The molecule has 0 unspecified atom stereocenters. The molecule has 2 aliphatic rings. The molecular formula is C18H25N3O2. The monoisotopic (exact) mass is 315 g/mol. The third kappa shape index (κ3) is 3.84. The summed E-state index contributed by atoms with van der Waals surface area (Å²) in [6.45, 7) is 4.52. The van der Waals surface area contributed by atoms with Crippen LogP contribution in [-0.4, -0.2) is 47.9 Å². The van der Waals surface area contributed by atoms with E-state index >= 15 is 0 Å². The summed E-state index contributed by atoms with van der Waals surface area (Å²) in [4.78, 5) is 28.5. The first kappa shape index (κ1) is 15.8. The van der Waals surface area contributed by atoms with Gasteiger partial charge in [0.1, 0.15) is 0 Å². The van der Waals surface area contributed by atoms with E-state index in [1.165, 1.54) is 12.8 Å². The lowest BCUT2D eigenvalue weighted by Crippen LogP contribution is -2.52. The van der Waals surface area contributed by atoms with Crippen LogP contribution in [-0.2, 0) is 4.79 Å². The summed E-state index contributed by atoms with van der Waals surface area (Å²) in [6.07, 6.45) is 4.42. The van der Waals surface area contributed by atoms with Gasteiger partial charge < -0.3 is 15.1 Å². The molecule has 23 heavy (non-hydrogen) atoms. The zero-order valence-electron chi connectivity index (χ0n) is 13.8. The molecule has 0 spiro atoms. The molecule has 1 aromatic rings. The van der Waals surface area contributed by atoms with Crippen molar-refractivity contribution in [1.82, 2.24) is 9.80 Å². The molecule has 1 aliphatic heterocycles. The number of hydrogen-bond donors (Lipinski definition) is 1. The van der Waals surface area contributed by atoms with E-state index in [9.17, 15) is 9.59 Å². The highest BCUT2D eigenvalue weighted by atomic mass is 16.2. The van der Waals surface area contributed by atoms with Crippen molar-refractivity contribution in [2.75, 3.05) is 31.5 Å². The molecule has 124 valence electrons. The van der Waals surface area contributed by atoms with Crippen molar-refractivity contribution in [3.05, 3.63) is 29.8 Å². The number of carbonyl (C=O) groups is 2. The number of urea groups is 1. The van der Waals surface area contributed by atoms with E-state index in [-0.39, 0.29) is 11.9 Å². The summed E-state index contributed by atoms with van der Waals surface area (Å²) in [5, 5.41) is 2.94. The average molecular weight is 315 g/mol. The van der Waals surface area contributed by atoms with Crippen LogP contribution in [0.5, 0.6) is 0 Å². The van der Waals surface area contributed by atoms with E-state index in [4.69, 9.17) is 0 Å². The first-order valence-electron chi connectivity index (χ1n) is 8.55. The second-order valence-electron chi connectivity index (χ2n) is 6.59. The highest BCUT2D eigenvalue weighted by Crippen LogP contribution is 2.27. The number of piperazine rings is 1. The Morgan fingerprint density at radius 1 is 1.04 bits per heavy atom. The molecule has 5 nitrogen and oxygen atoms in total. The van der Waals surface area contributed by atoms with Crippen molar-refractivity contribution in [2.24, 2.45) is 5.92 Å². The van der Waals surface area contributed by atoms with Crippen LogP contribution in [0.1, 0.15) is 31.2 Å². The summed E-state index contributed by atoms with van der Waals surface area (Å²) in [5.41, 5.74) is 1.94. The average Bonchev–Trinajstić information content (AvgIpc) is 3.09. The molecular weight excluding hydrogens is 290 g/mol. The van der Waals surface area contributed by atoms with Crippen LogP contribution in [0.15, 0.2) is 24.3 Å². The van der Waals surface area contributed by atoms with Crippen LogP contribution in [0.4, 0.5) is 10.5 Å². The lowest BCUT2D eigenvalue weighted by molar-refractivity contribution is -0.136. The molecule has 3 rings (SSSR count). The molecule has 1 heterocycles. The summed E-state index contributed by atoms with van der Waals surface area (Å²) >= 11 is 0. The van der Waals surface area contributed by atoms with Crippen LogP contribution in [0.2, 0.25) is 0 Å². The normalized spacial score (nSPS) is 19.0. The number of rotatable bonds is 2. The molecule has 0 aromatic heterocycles. The maximum atomic E-state index is 12.4. The van der Waals surface area contributed by atoms with Crippen molar-refractivity contribution in [1.29, 1.82) is 0 Å². The lowest BCUT2D eigenvalue weighted by atomic mass is 10.1. The van der Waals surface area contributed by atoms with Crippen molar-refractivity contribution in [3.63, 3.8) is 0 Å². The van der Waals surface area contributed by atoms with Crippen LogP contribution >= 0.6 is 0 Å². The standard InChI is InChI=1S/C18H25N3O2/c1-14-5-4-8-16(13-14)19-18(23)21-11-9-20(10-12-21)17(22)15-6-2-3-7-15/h4-5,8,13,15H,2-3,6-7,9-12H2,1H3,(H,19,23). The maximum Gasteiger partial charge on any atom is 0.321 e. The summed E-state index contributed by atoms with van der Waals surface area (Å²) in [5.74, 6) is 0.518. The number of nitrogens with zero attached hydrogens (tertiary/aromatic N) is 2. The summed E-state index contributed by atoms with van der Waals surface area (Å²) < 4.78 is 0. The van der Waals surface area contributed by atoms with Gasteiger partial charge >= 0.3 is 6.03 Å². The molecule has 0 radical (unpaired) electrons. The van der Waals surface area contributed by atoms with E-state index in [2.05, 4.69) is 5.32 Å². The predicted molar refractivity (Wildman–Crippen MR) is 90.3 cm³/mol. The number of amides is 3. The molecule has 2 fully saturated rings. The van der Waals surface area contributed by atoms with Crippen LogP contribution < -0.4 is 5.32 Å². The SMILES string of the molecule is Cc1cccc(NC(=O)N2CCN(C(=O)C3CCCC3)CC2)c1. The summed E-state index contributed by atoms with van der Waals surface area (Å²) in [6, 6.07) is 7.71. The third-order valence-electron chi connectivity index (χ3n) is 4.85. The Labute approximate surface area is 137 Å². The minimum atomic E-state index is -0.0800. The Balaban J connectivity index is 1.50. The molecule has 5 heteroatoms. The zero-order valence-corrected chi connectivity index (χ0v) is 13.8. The van der Waals surface area contributed by atoms with Gasteiger partial charge in [-0.2, -0.15) is 0 Å². The van der Waals surface area contributed by atoms with Gasteiger partial charge in [-0.05, 0) is 37.5 Å². The number of carbonyl (C=O) groups excluding carboxylic acids is 2. The van der Waals surface area contributed by atoms with Crippen molar-refractivity contribution in [2.45, 2.75) is 32.6 Å². The second kappa shape index (κ2) is 7.02. The van der Waals surface area contributed by atoms with Gasteiger partial charge in [-0.25, -0.2) is 4.79 Å². The van der Waals surface area contributed by atoms with Gasteiger partial charge in [0.2, 0.25) is 5.91 Å². The van der Waals surface area contributed by atoms with Gasteiger partial charge in [-0.1, -0.05) is 25.0 Å². The number of nitrogens with one attached hydrogen (secondary N) is 1. The van der Waals surface area contributed by atoms with Crippen LogP contribution in [0.25, 0.3) is 0 Å². The highest BCUT2D eigenvalue weighted by molar-refractivity contribution is 5.89. The Morgan fingerprint density at radius 3 is 2.35 bits per heavy atom. The Bertz CT molecular complexity index is 573. The fraction of sp³-hybridized carbons (Fsp3) is 0.556. The third-order valence-corrected chi connectivity index (χ3v) is 4.85. The predicted octanol–water partition coefficient (Wildman–Crippen LogP) is 2.86. The molecule has 3 amide bonds. The smallest absolute Gasteiger partial charge is 0.321 e. The molecule has 1 aromatic carbocycles. The Hall–Kier alpha value is -2.04. The highest BCUT2D eigenvalue weighted by Gasteiger charge is 2.30. The van der Waals surface area contributed by atoms with E-state index < -0.39 is 0 Å². The number of aryl methyl sites for hydroxylation is 1. The van der Waals surface area contributed by atoms with Gasteiger partial charge in [-0.3, -0.25) is 4.79 Å². The topological polar surface area (TPSA) is 52.7 Å². The fourth-order valence-corrected chi connectivity index (χ4v) is 3.49. The van der Waals surface area contributed by atoms with Crippen molar-refractivity contribution in [3.8, 4) is 0 Å². The van der Waals surface area contributed by atoms with Gasteiger partial charge in [0, 0.05) is 37.8 Å². The van der Waals surface area contributed by atoms with Crippen LogP contribution in [0.3, 0.4) is 0 Å². The second-order valence-corrected chi connectivity index (χ2v) is 6.59. The first-order chi connectivity index (χ1) is 11.1. The minimum absolute atomic E-state index is 0.0800. The zero-order chi connectivity index (χ0) is 16.2. The molecule has 0 atom stereocenters.